The van der Waals surface area contributed by atoms with E-state index in [2.05, 4.69) is 47.1 Å². The molecular formula is C13H11Br2N5O2S. The largest absolute Gasteiger partial charge is 0.363 e. The van der Waals surface area contributed by atoms with Crippen molar-refractivity contribution in [3.05, 3.63) is 51.4 Å². The first-order valence-electron chi connectivity index (χ1n) is 6.39. The molecule has 10 heteroatoms. The molecule has 0 spiro atoms. The van der Waals surface area contributed by atoms with Crippen molar-refractivity contribution in [2.45, 2.75) is 11.4 Å². The van der Waals surface area contributed by atoms with Crippen LogP contribution in [0, 0.1) is 0 Å². The molecule has 0 aliphatic carbocycles. The van der Waals surface area contributed by atoms with Gasteiger partial charge in [0.2, 0.25) is 10.0 Å². The average Bonchev–Trinajstić information content (AvgIpc) is 2.86. The van der Waals surface area contributed by atoms with E-state index in [1.807, 2.05) is 4.40 Å². The number of imidazole rings is 1. The first kappa shape index (κ1) is 16.4. The molecule has 0 unspecified atom stereocenters. The molecule has 3 N–H and O–H groups in total. The predicted molar refractivity (Wildman–Crippen MR) is 93.5 cm³/mol. The van der Waals surface area contributed by atoms with Crippen molar-refractivity contribution >= 4 is 53.3 Å². The highest BCUT2D eigenvalue weighted by Gasteiger charge is 2.10. The van der Waals surface area contributed by atoms with Crippen LogP contribution in [0.25, 0.3) is 5.65 Å². The fourth-order valence-corrected chi connectivity index (χ4v) is 3.30. The van der Waals surface area contributed by atoms with E-state index in [1.165, 1.54) is 12.1 Å². The van der Waals surface area contributed by atoms with Crippen molar-refractivity contribution < 1.29 is 8.42 Å². The van der Waals surface area contributed by atoms with Gasteiger partial charge in [0, 0.05) is 12.7 Å². The van der Waals surface area contributed by atoms with Crippen LogP contribution in [0.15, 0.2) is 50.8 Å². The number of primary sulfonamides is 1. The summed E-state index contributed by atoms with van der Waals surface area (Å²) in [6, 6.07) is 6.34. The molecule has 0 amide bonds. The van der Waals surface area contributed by atoms with Gasteiger partial charge in [0.05, 0.1) is 11.1 Å². The summed E-state index contributed by atoms with van der Waals surface area (Å²) in [7, 11) is -3.68. The molecule has 3 aromatic rings. The number of halogens is 2. The minimum atomic E-state index is -3.68. The van der Waals surface area contributed by atoms with Crippen molar-refractivity contribution in [3.63, 3.8) is 0 Å². The van der Waals surface area contributed by atoms with Crippen LogP contribution in [-0.4, -0.2) is 22.8 Å². The number of hydrogen-bond donors (Lipinski definition) is 2. The number of anilines is 1. The van der Waals surface area contributed by atoms with Gasteiger partial charge >= 0.3 is 0 Å². The Kier molecular flexibility index (Phi) is 4.41. The molecule has 120 valence electrons. The molecule has 1 aromatic carbocycles. The van der Waals surface area contributed by atoms with Crippen molar-refractivity contribution in [1.82, 2.24) is 14.4 Å². The van der Waals surface area contributed by atoms with E-state index in [0.717, 1.165) is 10.2 Å². The quantitative estimate of drug-likeness (QED) is 0.622. The van der Waals surface area contributed by atoms with Gasteiger partial charge in [-0.25, -0.2) is 23.5 Å². The summed E-state index contributed by atoms with van der Waals surface area (Å²) < 4.78 is 25.8. The fraction of sp³-hybridized carbons (Fsp3) is 0.0769. The molecule has 0 bridgehead atoms. The van der Waals surface area contributed by atoms with Crippen molar-refractivity contribution in [2.24, 2.45) is 5.14 Å². The van der Waals surface area contributed by atoms with Gasteiger partial charge in [0.15, 0.2) is 11.5 Å². The SMILES string of the molecule is NS(=O)(=O)c1ccc(CNc2nc(Br)cn3c(Br)cnc23)cc1. The number of hydrogen-bond acceptors (Lipinski definition) is 5. The van der Waals surface area contributed by atoms with Crippen LogP contribution in [0.4, 0.5) is 5.82 Å². The van der Waals surface area contributed by atoms with Gasteiger partial charge in [-0.1, -0.05) is 12.1 Å². The summed E-state index contributed by atoms with van der Waals surface area (Å²) in [6.45, 7) is 0.467. The second-order valence-corrected chi connectivity index (χ2v) is 7.92. The second-order valence-electron chi connectivity index (χ2n) is 4.73. The fourth-order valence-electron chi connectivity index (χ4n) is 2.03. The number of nitrogens with one attached hydrogen (secondary N) is 1. The number of sulfonamides is 1. The Balaban J connectivity index is 1.84. The Labute approximate surface area is 149 Å². The maximum absolute atomic E-state index is 11.2. The average molecular weight is 461 g/mol. The summed E-state index contributed by atoms with van der Waals surface area (Å²) in [5, 5.41) is 8.27. The molecule has 3 rings (SSSR count). The van der Waals surface area contributed by atoms with Crippen LogP contribution in [0.1, 0.15) is 5.56 Å². The van der Waals surface area contributed by atoms with Gasteiger partial charge in [0.25, 0.3) is 0 Å². The third kappa shape index (κ3) is 3.55. The van der Waals surface area contributed by atoms with Crippen molar-refractivity contribution in [3.8, 4) is 0 Å². The highest BCUT2D eigenvalue weighted by molar-refractivity contribution is 9.10. The predicted octanol–water partition coefficient (Wildman–Crippen LogP) is 2.51. The normalized spacial score (nSPS) is 11.8. The molecule has 2 aromatic heterocycles. The van der Waals surface area contributed by atoms with Gasteiger partial charge < -0.3 is 5.32 Å². The second kappa shape index (κ2) is 6.19. The Morgan fingerprint density at radius 3 is 2.57 bits per heavy atom. The number of nitrogens with two attached hydrogens (primary N) is 1. The third-order valence-corrected chi connectivity index (χ3v) is 5.03. The minimum absolute atomic E-state index is 0.0846. The molecule has 0 saturated carbocycles. The summed E-state index contributed by atoms with van der Waals surface area (Å²) in [6.07, 6.45) is 3.49. The molecule has 0 radical (unpaired) electrons. The van der Waals surface area contributed by atoms with E-state index in [4.69, 9.17) is 5.14 Å². The number of aromatic nitrogens is 3. The molecule has 0 atom stereocenters. The maximum atomic E-state index is 11.2. The zero-order chi connectivity index (χ0) is 16.6. The van der Waals surface area contributed by atoms with Gasteiger partial charge in [-0.2, -0.15) is 0 Å². The van der Waals surface area contributed by atoms with Gasteiger partial charge in [-0.15, -0.1) is 0 Å². The van der Waals surface area contributed by atoms with Crippen molar-refractivity contribution in [2.75, 3.05) is 5.32 Å². The lowest BCUT2D eigenvalue weighted by molar-refractivity contribution is 0.598. The van der Waals surface area contributed by atoms with E-state index in [-0.39, 0.29) is 4.90 Å². The number of benzene rings is 1. The zero-order valence-corrected chi connectivity index (χ0v) is 15.6. The monoisotopic (exact) mass is 459 g/mol. The van der Waals surface area contributed by atoms with Crippen LogP contribution >= 0.6 is 31.9 Å². The summed E-state index contributed by atoms with van der Waals surface area (Å²) in [5.41, 5.74) is 1.57. The third-order valence-electron chi connectivity index (χ3n) is 3.13. The number of nitrogens with zero attached hydrogens (tertiary/aromatic N) is 3. The molecule has 23 heavy (non-hydrogen) atoms. The molecular weight excluding hydrogens is 450 g/mol. The van der Waals surface area contributed by atoms with Crippen LogP contribution in [0.2, 0.25) is 0 Å². The first-order valence-corrected chi connectivity index (χ1v) is 9.52. The van der Waals surface area contributed by atoms with Crippen LogP contribution < -0.4 is 10.5 Å². The number of fused-ring (bicyclic) bond motifs is 1. The molecule has 0 fully saturated rings. The lowest BCUT2D eigenvalue weighted by atomic mass is 10.2. The molecule has 7 nitrogen and oxygen atoms in total. The maximum Gasteiger partial charge on any atom is 0.238 e. The lowest BCUT2D eigenvalue weighted by Crippen LogP contribution is -2.12. The van der Waals surface area contributed by atoms with E-state index in [9.17, 15) is 8.42 Å². The molecule has 0 aliphatic rings. The minimum Gasteiger partial charge on any atom is -0.363 e. The molecule has 0 aliphatic heterocycles. The summed E-state index contributed by atoms with van der Waals surface area (Å²) in [5.74, 6) is 0.612. The first-order chi connectivity index (χ1) is 10.8. The van der Waals surface area contributed by atoms with E-state index in [1.54, 1.807) is 24.5 Å². The van der Waals surface area contributed by atoms with Crippen LogP contribution in [0.5, 0.6) is 0 Å². The van der Waals surface area contributed by atoms with E-state index >= 15 is 0 Å². The van der Waals surface area contributed by atoms with Crippen molar-refractivity contribution in [1.29, 1.82) is 0 Å². The van der Waals surface area contributed by atoms with Crippen LogP contribution in [0.3, 0.4) is 0 Å². The van der Waals surface area contributed by atoms with Crippen LogP contribution in [-0.2, 0) is 16.6 Å². The number of rotatable bonds is 4. The van der Waals surface area contributed by atoms with Gasteiger partial charge in [-0.3, -0.25) is 4.40 Å². The van der Waals surface area contributed by atoms with E-state index in [0.29, 0.717) is 22.6 Å². The smallest absolute Gasteiger partial charge is 0.238 e. The Morgan fingerprint density at radius 1 is 1.22 bits per heavy atom. The Bertz CT molecular complexity index is 970. The zero-order valence-electron chi connectivity index (χ0n) is 11.6. The van der Waals surface area contributed by atoms with E-state index < -0.39 is 10.0 Å². The van der Waals surface area contributed by atoms with Gasteiger partial charge in [0.1, 0.15) is 9.21 Å². The topological polar surface area (TPSA) is 102 Å². The lowest BCUT2D eigenvalue weighted by Gasteiger charge is -2.08. The highest BCUT2D eigenvalue weighted by atomic mass is 79.9. The molecule has 0 saturated heterocycles. The Morgan fingerprint density at radius 2 is 1.91 bits per heavy atom. The Hall–Kier alpha value is -1.49. The highest BCUT2D eigenvalue weighted by Crippen LogP contribution is 2.22. The van der Waals surface area contributed by atoms with Gasteiger partial charge in [-0.05, 0) is 49.6 Å². The standard InChI is InChI=1S/C13H11Br2N5O2S/c14-10-7-20-11(15)6-18-13(20)12(19-10)17-5-8-1-3-9(4-2-8)23(16,21)22/h1-4,6-7H,5H2,(H,17,19)(H2,16,21,22). The summed E-state index contributed by atoms with van der Waals surface area (Å²) >= 11 is 6.77. The molecule has 2 heterocycles. The summed E-state index contributed by atoms with van der Waals surface area (Å²) in [4.78, 5) is 8.75.